The highest BCUT2D eigenvalue weighted by molar-refractivity contribution is 5.59. The summed E-state index contributed by atoms with van der Waals surface area (Å²) < 4.78 is 12.9. The molecule has 2 heterocycles. The molecule has 0 saturated carbocycles. The molecule has 4 nitrogen and oxygen atoms in total. The lowest BCUT2D eigenvalue weighted by atomic mass is 10.1. The van der Waals surface area contributed by atoms with Crippen molar-refractivity contribution in [2.24, 2.45) is 0 Å². The van der Waals surface area contributed by atoms with Gasteiger partial charge in [0.25, 0.3) is 5.56 Å². The summed E-state index contributed by atoms with van der Waals surface area (Å²) in [6, 6.07) is 11.4. The number of H-pyrrole nitrogens is 1. The molecule has 1 aromatic carbocycles. The summed E-state index contributed by atoms with van der Waals surface area (Å²) in [4.78, 5) is 15.9. The molecular formula is C16H12FN3O. The fourth-order valence-corrected chi connectivity index (χ4v) is 2.07. The van der Waals surface area contributed by atoms with Crippen LogP contribution in [0.1, 0.15) is 11.1 Å². The Morgan fingerprint density at radius 3 is 2.67 bits per heavy atom. The Morgan fingerprint density at radius 2 is 1.95 bits per heavy atom. The number of hydrogen-bond donors (Lipinski definition) is 1. The molecule has 1 N–H and O–H groups in total. The second-order valence-corrected chi connectivity index (χ2v) is 4.65. The van der Waals surface area contributed by atoms with Crippen molar-refractivity contribution in [2.75, 3.05) is 0 Å². The van der Waals surface area contributed by atoms with Gasteiger partial charge in [0.15, 0.2) is 0 Å². The first-order valence-corrected chi connectivity index (χ1v) is 6.46. The van der Waals surface area contributed by atoms with E-state index in [-0.39, 0.29) is 11.4 Å². The molecule has 0 aliphatic rings. The lowest BCUT2D eigenvalue weighted by molar-refractivity contribution is 0.628. The number of benzene rings is 1. The van der Waals surface area contributed by atoms with Gasteiger partial charge in [0, 0.05) is 29.9 Å². The van der Waals surface area contributed by atoms with Gasteiger partial charge in [0.1, 0.15) is 5.82 Å². The summed E-state index contributed by atoms with van der Waals surface area (Å²) in [7, 11) is 0. The number of aromatic nitrogens is 3. The van der Waals surface area contributed by atoms with Crippen molar-refractivity contribution < 1.29 is 4.39 Å². The highest BCUT2D eigenvalue weighted by Crippen LogP contribution is 2.17. The van der Waals surface area contributed by atoms with E-state index in [0.29, 0.717) is 17.7 Å². The van der Waals surface area contributed by atoms with Gasteiger partial charge in [-0.05, 0) is 42.0 Å². The van der Waals surface area contributed by atoms with Crippen molar-refractivity contribution in [1.29, 1.82) is 0 Å². The summed E-state index contributed by atoms with van der Waals surface area (Å²) in [5, 5.41) is 6.49. The van der Waals surface area contributed by atoms with Gasteiger partial charge in [-0.3, -0.25) is 9.78 Å². The number of nitrogens with one attached hydrogen (secondary N) is 1. The van der Waals surface area contributed by atoms with Crippen LogP contribution >= 0.6 is 0 Å². The Hall–Kier alpha value is -2.82. The number of aromatic amines is 1. The van der Waals surface area contributed by atoms with E-state index in [1.807, 2.05) is 12.1 Å². The van der Waals surface area contributed by atoms with E-state index in [1.165, 1.54) is 12.1 Å². The number of rotatable bonds is 3. The molecule has 0 atom stereocenters. The maximum absolute atomic E-state index is 12.9. The van der Waals surface area contributed by atoms with Gasteiger partial charge in [-0.2, -0.15) is 5.10 Å². The SMILES string of the molecule is O=c1[nH]nc(-c2ccc(F)cc2)cc1Cc1cccnc1. The number of nitrogens with zero attached hydrogens (tertiary/aromatic N) is 2. The Morgan fingerprint density at radius 1 is 1.14 bits per heavy atom. The fourth-order valence-electron chi connectivity index (χ4n) is 2.07. The predicted octanol–water partition coefficient (Wildman–Crippen LogP) is 2.56. The van der Waals surface area contributed by atoms with Crippen LogP contribution in [0.2, 0.25) is 0 Å². The van der Waals surface area contributed by atoms with Gasteiger partial charge < -0.3 is 0 Å². The normalized spacial score (nSPS) is 10.5. The molecule has 0 aliphatic heterocycles. The Labute approximate surface area is 120 Å². The zero-order valence-electron chi connectivity index (χ0n) is 11.1. The molecular weight excluding hydrogens is 269 g/mol. The lowest BCUT2D eigenvalue weighted by Gasteiger charge is -2.04. The minimum absolute atomic E-state index is 0.232. The first-order valence-electron chi connectivity index (χ1n) is 6.46. The molecule has 3 rings (SSSR count). The highest BCUT2D eigenvalue weighted by atomic mass is 19.1. The van der Waals surface area contributed by atoms with E-state index in [2.05, 4.69) is 15.2 Å². The van der Waals surface area contributed by atoms with Crippen molar-refractivity contribution in [3.05, 3.63) is 82.2 Å². The van der Waals surface area contributed by atoms with Crippen LogP contribution in [-0.4, -0.2) is 15.2 Å². The van der Waals surface area contributed by atoms with E-state index >= 15 is 0 Å². The molecule has 0 spiro atoms. The van der Waals surface area contributed by atoms with Crippen LogP contribution in [0.3, 0.4) is 0 Å². The molecule has 5 heteroatoms. The first-order chi connectivity index (χ1) is 10.2. The van der Waals surface area contributed by atoms with Crippen molar-refractivity contribution in [3.63, 3.8) is 0 Å². The third kappa shape index (κ3) is 3.02. The molecule has 3 aromatic rings. The van der Waals surface area contributed by atoms with Gasteiger partial charge in [-0.1, -0.05) is 6.07 Å². The molecule has 104 valence electrons. The lowest BCUT2D eigenvalue weighted by Crippen LogP contribution is -2.15. The second kappa shape index (κ2) is 5.66. The van der Waals surface area contributed by atoms with Crippen LogP contribution in [0.5, 0.6) is 0 Å². The number of hydrogen-bond acceptors (Lipinski definition) is 3. The highest BCUT2D eigenvalue weighted by Gasteiger charge is 2.06. The Kier molecular flexibility index (Phi) is 3.55. The summed E-state index contributed by atoms with van der Waals surface area (Å²) in [6.45, 7) is 0. The quantitative estimate of drug-likeness (QED) is 0.802. The standard InChI is InChI=1S/C16H12FN3O/c17-14-5-3-12(4-6-14)15-9-13(16(21)20-19-15)8-11-2-1-7-18-10-11/h1-7,9-10H,8H2,(H,20,21). The van der Waals surface area contributed by atoms with Crippen molar-refractivity contribution >= 4 is 0 Å². The van der Waals surface area contributed by atoms with Crippen LogP contribution in [0.15, 0.2) is 59.7 Å². The summed E-state index contributed by atoms with van der Waals surface area (Å²) in [6.07, 6.45) is 3.88. The van der Waals surface area contributed by atoms with Gasteiger partial charge in [0.05, 0.1) is 5.69 Å². The molecule has 0 saturated heterocycles. The minimum atomic E-state index is -0.307. The molecule has 0 amide bonds. The zero-order chi connectivity index (χ0) is 14.7. The smallest absolute Gasteiger partial charge is 0.267 e. The van der Waals surface area contributed by atoms with Gasteiger partial charge in [0.2, 0.25) is 0 Å². The molecule has 0 unspecified atom stereocenters. The number of halogens is 1. The predicted molar refractivity (Wildman–Crippen MR) is 77.3 cm³/mol. The van der Waals surface area contributed by atoms with Gasteiger partial charge in [-0.15, -0.1) is 0 Å². The number of pyridine rings is 1. The summed E-state index contributed by atoms with van der Waals surface area (Å²) in [5.74, 6) is -0.307. The Balaban J connectivity index is 1.96. The topological polar surface area (TPSA) is 58.6 Å². The molecule has 21 heavy (non-hydrogen) atoms. The maximum atomic E-state index is 12.9. The van der Waals surface area contributed by atoms with Crippen LogP contribution < -0.4 is 5.56 Å². The molecule has 0 bridgehead atoms. The average molecular weight is 281 g/mol. The monoisotopic (exact) mass is 281 g/mol. The van der Waals surface area contributed by atoms with Crippen LogP contribution in [0.4, 0.5) is 4.39 Å². The van der Waals surface area contributed by atoms with Crippen LogP contribution in [-0.2, 0) is 6.42 Å². The van der Waals surface area contributed by atoms with Crippen molar-refractivity contribution in [3.8, 4) is 11.3 Å². The van der Waals surface area contributed by atoms with Crippen LogP contribution in [0.25, 0.3) is 11.3 Å². The molecule has 2 aromatic heterocycles. The van der Waals surface area contributed by atoms with Gasteiger partial charge in [-0.25, -0.2) is 9.49 Å². The van der Waals surface area contributed by atoms with Gasteiger partial charge >= 0.3 is 0 Å². The average Bonchev–Trinajstić information content (AvgIpc) is 2.51. The maximum Gasteiger partial charge on any atom is 0.267 e. The molecule has 0 aliphatic carbocycles. The Bertz CT molecular complexity index is 798. The van der Waals surface area contributed by atoms with Crippen molar-refractivity contribution in [1.82, 2.24) is 15.2 Å². The first kappa shape index (κ1) is 13.2. The second-order valence-electron chi connectivity index (χ2n) is 4.65. The minimum Gasteiger partial charge on any atom is -0.268 e. The van der Waals surface area contributed by atoms with E-state index in [0.717, 1.165) is 11.1 Å². The zero-order valence-corrected chi connectivity index (χ0v) is 11.1. The van der Waals surface area contributed by atoms with E-state index in [9.17, 15) is 9.18 Å². The fraction of sp³-hybridized carbons (Fsp3) is 0.0625. The third-order valence-electron chi connectivity index (χ3n) is 3.14. The van der Waals surface area contributed by atoms with E-state index in [1.54, 1.807) is 30.6 Å². The third-order valence-corrected chi connectivity index (χ3v) is 3.14. The summed E-state index contributed by atoms with van der Waals surface area (Å²) >= 11 is 0. The summed E-state index contributed by atoms with van der Waals surface area (Å²) in [5.41, 5.74) is 2.66. The molecule has 0 radical (unpaired) electrons. The van der Waals surface area contributed by atoms with Crippen molar-refractivity contribution in [2.45, 2.75) is 6.42 Å². The van der Waals surface area contributed by atoms with E-state index < -0.39 is 0 Å². The largest absolute Gasteiger partial charge is 0.268 e. The van der Waals surface area contributed by atoms with Crippen LogP contribution in [0, 0.1) is 5.82 Å². The van der Waals surface area contributed by atoms with E-state index in [4.69, 9.17) is 0 Å². The molecule has 0 fully saturated rings.